The molecule has 0 aliphatic carbocycles. The van der Waals surface area contributed by atoms with Crippen LogP contribution in [0.2, 0.25) is 0 Å². The van der Waals surface area contributed by atoms with Crippen LogP contribution < -0.4 is 4.74 Å². The molecule has 0 fully saturated rings. The minimum Gasteiger partial charge on any atom is -0.493 e. The van der Waals surface area contributed by atoms with Gasteiger partial charge in [-0.25, -0.2) is 0 Å². The summed E-state index contributed by atoms with van der Waals surface area (Å²) in [6, 6.07) is 6.27. The molecule has 2 heteroatoms. The lowest BCUT2D eigenvalue weighted by Gasteiger charge is -2.32. The van der Waals surface area contributed by atoms with Gasteiger partial charge in [-0.15, -0.1) is 0 Å². The summed E-state index contributed by atoms with van der Waals surface area (Å²) in [5, 5.41) is 0. The molecule has 0 radical (unpaired) electrons. The van der Waals surface area contributed by atoms with E-state index in [9.17, 15) is 0 Å². The Morgan fingerprint density at radius 2 is 1.74 bits per heavy atom. The summed E-state index contributed by atoms with van der Waals surface area (Å²) in [5.74, 6) is 1.93. The highest BCUT2D eigenvalue weighted by Crippen LogP contribution is 2.33. The molecule has 0 aliphatic rings. The highest BCUT2D eigenvalue weighted by molar-refractivity contribution is 7.80. The van der Waals surface area contributed by atoms with Crippen molar-refractivity contribution in [1.29, 1.82) is 0 Å². The number of hydrogen-bond acceptors (Lipinski definition) is 2. The van der Waals surface area contributed by atoms with Crippen molar-refractivity contribution in [3.05, 3.63) is 29.3 Å². The summed E-state index contributed by atoms with van der Waals surface area (Å²) in [6.07, 6.45) is 4.76. The second kappa shape index (κ2) is 7.84. The molecule has 0 amide bonds. The Kier molecular flexibility index (Phi) is 6.78. The van der Waals surface area contributed by atoms with Crippen molar-refractivity contribution < 1.29 is 4.74 Å². The predicted octanol–water partition coefficient (Wildman–Crippen LogP) is 5.20. The fourth-order valence-electron chi connectivity index (χ4n) is 2.65. The summed E-state index contributed by atoms with van der Waals surface area (Å²) in [5.41, 5.74) is 2.77. The van der Waals surface area contributed by atoms with Crippen LogP contribution in [0.5, 0.6) is 5.75 Å². The van der Waals surface area contributed by atoms with E-state index < -0.39 is 0 Å². The molecule has 0 heterocycles. The molecule has 0 unspecified atom stereocenters. The number of aryl methyl sites for hydroxylation is 1. The number of thiol groups is 1. The Morgan fingerprint density at radius 1 is 1.11 bits per heavy atom. The zero-order chi connectivity index (χ0) is 14.3. The zero-order valence-electron chi connectivity index (χ0n) is 12.8. The molecule has 0 atom stereocenters. The third-order valence-corrected chi connectivity index (χ3v) is 4.66. The van der Waals surface area contributed by atoms with Crippen LogP contribution in [0.3, 0.4) is 0 Å². The highest BCUT2D eigenvalue weighted by atomic mass is 32.1. The average Bonchev–Trinajstić information content (AvgIpc) is 2.40. The van der Waals surface area contributed by atoms with E-state index in [0.29, 0.717) is 0 Å². The van der Waals surface area contributed by atoms with Crippen LogP contribution >= 0.6 is 12.6 Å². The Labute approximate surface area is 124 Å². The fourth-order valence-corrected chi connectivity index (χ4v) is 3.05. The van der Waals surface area contributed by atoms with E-state index in [4.69, 9.17) is 4.74 Å². The van der Waals surface area contributed by atoms with E-state index in [2.05, 4.69) is 58.5 Å². The molecule has 0 spiro atoms. The Hall–Kier alpha value is -0.630. The van der Waals surface area contributed by atoms with Gasteiger partial charge in [-0.3, -0.25) is 0 Å². The quantitative estimate of drug-likeness (QED) is 0.644. The second-order valence-corrected chi connectivity index (χ2v) is 5.96. The van der Waals surface area contributed by atoms with E-state index in [0.717, 1.165) is 18.1 Å². The molecular formula is C17H28OS. The first-order valence-electron chi connectivity index (χ1n) is 7.38. The van der Waals surface area contributed by atoms with Crippen molar-refractivity contribution in [2.24, 2.45) is 5.41 Å². The van der Waals surface area contributed by atoms with E-state index in [1.807, 2.05) is 0 Å². The van der Waals surface area contributed by atoms with Crippen molar-refractivity contribution >= 4 is 12.6 Å². The van der Waals surface area contributed by atoms with Crippen LogP contribution in [0.1, 0.15) is 50.7 Å². The summed E-state index contributed by atoms with van der Waals surface area (Å²) < 4.78 is 6.13. The predicted molar refractivity (Wildman–Crippen MR) is 87.5 cm³/mol. The lowest BCUT2D eigenvalue weighted by molar-refractivity contribution is 0.143. The summed E-state index contributed by atoms with van der Waals surface area (Å²) in [4.78, 5) is 0. The first kappa shape index (κ1) is 16.4. The average molecular weight is 280 g/mol. The van der Waals surface area contributed by atoms with Gasteiger partial charge in [0.05, 0.1) is 6.61 Å². The van der Waals surface area contributed by atoms with Gasteiger partial charge in [0.1, 0.15) is 5.75 Å². The lowest BCUT2D eigenvalue weighted by Crippen LogP contribution is -2.30. The van der Waals surface area contributed by atoms with Crippen molar-refractivity contribution in [3.8, 4) is 5.75 Å². The van der Waals surface area contributed by atoms with E-state index in [1.165, 1.54) is 36.8 Å². The Balaban J connectivity index is 2.77. The first-order chi connectivity index (χ1) is 9.08. The van der Waals surface area contributed by atoms with Gasteiger partial charge >= 0.3 is 0 Å². The number of ether oxygens (including phenoxy) is 1. The third kappa shape index (κ3) is 4.45. The van der Waals surface area contributed by atoms with Crippen LogP contribution in [-0.4, -0.2) is 12.4 Å². The van der Waals surface area contributed by atoms with Gasteiger partial charge in [-0.2, -0.15) is 12.6 Å². The first-order valence-corrected chi connectivity index (χ1v) is 8.01. The van der Waals surface area contributed by atoms with Gasteiger partial charge in [0.15, 0.2) is 0 Å². The second-order valence-electron chi connectivity index (χ2n) is 5.64. The number of rotatable bonds is 8. The molecular weight excluding hydrogens is 252 g/mol. The van der Waals surface area contributed by atoms with Gasteiger partial charge < -0.3 is 4.74 Å². The third-order valence-electron chi connectivity index (χ3n) is 3.98. The van der Waals surface area contributed by atoms with Crippen molar-refractivity contribution in [1.82, 2.24) is 0 Å². The number of benzene rings is 1. The van der Waals surface area contributed by atoms with Gasteiger partial charge in [-0.1, -0.05) is 38.8 Å². The van der Waals surface area contributed by atoms with Gasteiger partial charge in [0, 0.05) is 5.41 Å². The summed E-state index contributed by atoms with van der Waals surface area (Å²) in [6.45, 7) is 9.53. The Bertz CT molecular complexity index is 381. The molecule has 1 aromatic rings. The van der Waals surface area contributed by atoms with Crippen molar-refractivity contribution in [3.63, 3.8) is 0 Å². The monoisotopic (exact) mass is 280 g/mol. The van der Waals surface area contributed by atoms with Gasteiger partial charge in [-0.05, 0) is 49.6 Å². The van der Waals surface area contributed by atoms with E-state index >= 15 is 0 Å². The molecule has 0 saturated heterocycles. The molecule has 0 aromatic heterocycles. The zero-order valence-corrected chi connectivity index (χ0v) is 13.7. The van der Waals surface area contributed by atoms with Crippen molar-refractivity contribution in [2.45, 2.75) is 53.4 Å². The fraction of sp³-hybridized carbons (Fsp3) is 0.647. The molecule has 1 nitrogen and oxygen atoms in total. The van der Waals surface area contributed by atoms with Gasteiger partial charge in [0.2, 0.25) is 0 Å². The topological polar surface area (TPSA) is 9.23 Å². The number of hydrogen-bond donors (Lipinski definition) is 1. The molecule has 0 aliphatic heterocycles. The van der Waals surface area contributed by atoms with E-state index in [1.54, 1.807) is 0 Å². The van der Waals surface area contributed by atoms with Crippen molar-refractivity contribution in [2.75, 3.05) is 12.4 Å². The molecule has 0 bridgehead atoms. The van der Waals surface area contributed by atoms with Crippen LogP contribution in [0.4, 0.5) is 0 Å². The maximum atomic E-state index is 6.13. The van der Waals surface area contributed by atoms with E-state index in [-0.39, 0.29) is 5.41 Å². The standard InChI is InChI=1S/C17H28OS/c1-5-10-17(13-19,11-6-2)12-18-16-9-7-8-14(3)15(16)4/h7-9,19H,5-6,10-13H2,1-4H3. The van der Waals surface area contributed by atoms with Gasteiger partial charge in [0.25, 0.3) is 0 Å². The molecule has 0 saturated carbocycles. The van der Waals surface area contributed by atoms with Crippen LogP contribution in [-0.2, 0) is 0 Å². The molecule has 19 heavy (non-hydrogen) atoms. The molecule has 1 aromatic carbocycles. The molecule has 108 valence electrons. The van der Waals surface area contributed by atoms with Crippen LogP contribution in [0.25, 0.3) is 0 Å². The minimum atomic E-state index is 0.225. The SMILES string of the molecule is CCCC(CS)(CCC)COc1cccc(C)c1C. The Morgan fingerprint density at radius 3 is 2.26 bits per heavy atom. The smallest absolute Gasteiger partial charge is 0.122 e. The largest absolute Gasteiger partial charge is 0.493 e. The normalized spacial score (nSPS) is 11.6. The van der Waals surface area contributed by atoms with Crippen LogP contribution in [0, 0.1) is 19.3 Å². The van der Waals surface area contributed by atoms with Crippen LogP contribution in [0.15, 0.2) is 18.2 Å². The lowest BCUT2D eigenvalue weighted by atomic mass is 9.82. The summed E-state index contributed by atoms with van der Waals surface area (Å²) in [7, 11) is 0. The molecule has 0 N–H and O–H groups in total. The minimum absolute atomic E-state index is 0.225. The highest BCUT2D eigenvalue weighted by Gasteiger charge is 2.28. The maximum Gasteiger partial charge on any atom is 0.122 e. The molecule has 1 rings (SSSR count). The summed E-state index contributed by atoms with van der Waals surface area (Å²) >= 11 is 4.58. The maximum absolute atomic E-state index is 6.13.